The summed E-state index contributed by atoms with van der Waals surface area (Å²) in [6, 6.07) is 113. The average molecular weight is 1800 g/mol. The molecule has 18 aromatic carbocycles. The number of hydrogen-bond acceptors (Lipinski definition) is 4. The third-order valence-corrected chi connectivity index (χ3v) is 27.0. The fourth-order valence-electron chi connectivity index (χ4n) is 20.3. The van der Waals surface area contributed by atoms with Crippen LogP contribution in [0.25, 0.3) is 197 Å². The van der Waals surface area contributed by atoms with Crippen molar-refractivity contribution >= 4 is 130 Å². The maximum atomic E-state index is 6.48. The molecule has 0 bridgehead atoms. The summed E-state index contributed by atoms with van der Waals surface area (Å²) in [5.41, 5.74) is 20.2. The Balaban J connectivity index is 0.712. The Morgan fingerprint density at radius 3 is 0.936 bits per heavy atom. The van der Waals surface area contributed by atoms with Crippen LogP contribution in [0.4, 0.5) is 0 Å². The van der Waals surface area contributed by atoms with Gasteiger partial charge in [-0.1, -0.05) is 285 Å². The Morgan fingerprint density at radius 2 is 0.521 bits per heavy atom. The van der Waals surface area contributed by atoms with E-state index in [4.69, 9.17) is 31.8 Å². The number of terminal acetylenes is 2. The highest BCUT2D eigenvalue weighted by Crippen LogP contribution is 2.50. The van der Waals surface area contributed by atoms with Gasteiger partial charge >= 0.3 is 0 Å². The van der Waals surface area contributed by atoms with E-state index < -0.39 is 0 Å². The number of aryl methyl sites for hydroxylation is 2. The van der Waals surface area contributed by atoms with Gasteiger partial charge in [-0.25, -0.2) is 0 Å². The number of rotatable bonds is 29. The summed E-state index contributed by atoms with van der Waals surface area (Å²) < 4.78 is 29.8. The molecule has 2 aromatic heterocycles. The second-order valence-corrected chi connectivity index (χ2v) is 36.2. The molecule has 0 radical (unpaired) electrons. The maximum absolute atomic E-state index is 6.48. The van der Waals surface area contributed by atoms with Gasteiger partial charge in [-0.3, -0.25) is 0 Å². The van der Waals surface area contributed by atoms with Crippen molar-refractivity contribution in [2.75, 3.05) is 13.2 Å². The molecule has 140 heavy (non-hydrogen) atoms. The standard InChI is InChI=1S/C134H100N2O4/c1-7-11-15-19-23-27-31-39-75-137-111-65-57-95-81-105(53-49-99(95)85-111)131-118-43-35-37-45-120(118)133(107-55-51-101-87-113(67-59-97(101)83-107)139-77-41-33-29-25-21-17-13-9-3)125-91-109(63-72-122(125)131)135-127-74-48-93(5)79-124(127)117-71-62-104(90-130(117)135)103-61-70-116-115-69-47-94(6)80-128(115)136(129(116)89-103)110-64-73-123-126(92-110)134(108-56-52-102-88-114(68-60-98(102)84-108)140-78-42-34-30-26-22-18-14-10-4)121-46-38-36-44-119(121)132(123)106-54-50-100-86-112(66-58-96(100)82-106)138-76-40-32-28-24-20-16-12-8-2/h1-2,35-38,43-74,79-92H,9-10,13-14,17-18,21-22,25-26,29-30,33-34,41-42,77-78H2,3-6H3. The molecule has 0 aliphatic carbocycles. The third kappa shape index (κ3) is 19.3. The van der Waals surface area contributed by atoms with Gasteiger partial charge in [-0.05, 0) is 349 Å². The fourth-order valence-corrected chi connectivity index (χ4v) is 20.3. The van der Waals surface area contributed by atoms with Gasteiger partial charge in [0.25, 0.3) is 0 Å². The van der Waals surface area contributed by atoms with E-state index in [1.165, 1.54) is 123 Å². The summed E-state index contributed by atoms with van der Waals surface area (Å²) >= 11 is 0. The molecule has 0 saturated heterocycles. The summed E-state index contributed by atoms with van der Waals surface area (Å²) in [6.45, 7) is 10.4. The van der Waals surface area contributed by atoms with E-state index >= 15 is 0 Å². The molecule has 6 nitrogen and oxygen atoms in total. The Hall–Kier alpha value is -17.6. The SMILES string of the molecule is C#CC#CC#CC#CC#COc1ccc2cc(-c3c4ccccc4c(-c4ccc5cc(OCCCCCCCCCC)ccc5c4)c4cc(-n5c6ccc(C)cc6c6ccc(-c7ccc8c9ccc(C)cc9n(-c9ccc%10c(-c%11ccc%12cc(OC#CC#CC#CC#CC#C)ccc%12c%11)c%11ccccc%11c(-c%11ccc%12cc(OCCCCCCCCCC)ccc%12c%11)c%10c9)c8c7)cc65)ccc34)ccc2c1. The molecule has 670 valence electrons. The molecule has 6 heteroatoms. The summed E-state index contributed by atoms with van der Waals surface area (Å²) in [5, 5.41) is 22.6. The lowest BCUT2D eigenvalue weighted by molar-refractivity contribution is 0.304. The number of ether oxygens (including phenoxy) is 4. The second-order valence-electron chi connectivity index (χ2n) is 36.2. The predicted octanol–water partition coefficient (Wildman–Crippen LogP) is 33.1. The molecule has 0 atom stereocenters. The van der Waals surface area contributed by atoms with Crippen molar-refractivity contribution in [2.45, 2.75) is 130 Å². The largest absolute Gasteiger partial charge is 0.494 e. The van der Waals surface area contributed by atoms with Gasteiger partial charge in [0, 0.05) is 80.3 Å². The molecule has 20 rings (SSSR count). The first-order valence-electron chi connectivity index (χ1n) is 48.9. The van der Waals surface area contributed by atoms with Gasteiger partial charge in [-0.15, -0.1) is 12.8 Å². The van der Waals surface area contributed by atoms with Crippen LogP contribution in [0.1, 0.15) is 128 Å². The van der Waals surface area contributed by atoms with Crippen LogP contribution in [0.2, 0.25) is 0 Å². The van der Waals surface area contributed by atoms with E-state index in [-0.39, 0.29) is 0 Å². The smallest absolute Gasteiger partial charge is 0.140 e. The number of hydrogen-bond donors (Lipinski definition) is 0. The lowest BCUT2D eigenvalue weighted by Crippen LogP contribution is -1.98. The van der Waals surface area contributed by atoms with Gasteiger partial charge in [0.1, 0.15) is 35.2 Å². The molecule has 0 spiro atoms. The van der Waals surface area contributed by atoms with Gasteiger partial charge in [-0.2, -0.15) is 0 Å². The average Bonchev–Trinajstić information content (AvgIpc) is 1.66. The van der Waals surface area contributed by atoms with Crippen LogP contribution in [-0.4, -0.2) is 22.3 Å². The topological polar surface area (TPSA) is 46.8 Å². The van der Waals surface area contributed by atoms with Crippen LogP contribution < -0.4 is 18.9 Å². The zero-order chi connectivity index (χ0) is 95.0. The summed E-state index contributed by atoms with van der Waals surface area (Å²) in [5.74, 6) is 44.2. The first kappa shape index (κ1) is 90.3. The Labute approximate surface area is 820 Å². The van der Waals surface area contributed by atoms with Crippen LogP contribution in [0.5, 0.6) is 23.0 Å². The monoisotopic (exact) mass is 1800 g/mol. The van der Waals surface area contributed by atoms with Crippen molar-refractivity contribution in [3.05, 3.63) is 314 Å². The minimum atomic E-state index is 0.605. The van der Waals surface area contributed by atoms with Gasteiger partial charge in [0.2, 0.25) is 0 Å². The van der Waals surface area contributed by atoms with Crippen molar-refractivity contribution in [1.82, 2.24) is 9.13 Å². The van der Waals surface area contributed by atoms with E-state index in [9.17, 15) is 0 Å². The zero-order valence-corrected chi connectivity index (χ0v) is 79.3. The van der Waals surface area contributed by atoms with Crippen molar-refractivity contribution < 1.29 is 18.9 Å². The van der Waals surface area contributed by atoms with E-state index in [1.54, 1.807) is 0 Å². The number of benzene rings is 18. The van der Waals surface area contributed by atoms with Gasteiger partial charge in [0.15, 0.2) is 0 Å². The highest BCUT2D eigenvalue weighted by Gasteiger charge is 2.25. The molecule has 2 heterocycles. The normalized spacial score (nSPS) is 10.9. The molecule has 0 fully saturated rings. The van der Waals surface area contributed by atoms with E-state index in [2.05, 4.69) is 423 Å². The summed E-state index contributed by atoms with van der Waals surface area (Å²) in [6.07, 6.45) is 35.9. The van der Waals surface area contributed by atoms with Crippen molar-refractivity contribution in [2.24, 2.45) is 0 Å². The van der Waals surface area contributed by atoms with Crippen LogP contribution >= 0.6 is 0 Å². The fraction of sp³-hybridized carbons (Fsp3) is 0.164. The third-order valence-electron chi connectivity index (χ3n) is 27.0. The van der Waals surface area contributed by atoms with Crippen molar-refractivity contribution in [3.8, 4) is 210 Å². The van der Waals surface area contributed by atoms with Crippen molar-refractivity contribution in [1.29, 1.82) is 0 Å². The Bertz CT molecular complexity index is 9040. The molecule has 0 N–H and O–H groups in total. The van der Waals surface area contributed by atoms with Crippen LogP contribution in [-0.2, 0) is 0 Å². The van der Waals surface area contributed by atoms with Crippen LogP contribution in [0.15, 0.2) is 303 Å². The van der Waals surface area contributed by atoms with Crippen LogP contribution in [0, 0.1) is 134 Å². The molecular formula is C134H100N2O4. The quantitative estimate of drug-likeness (QED) is 0.0266. The minimum absolute atomic E-state index is 0.605. The Kier molecular flexibility index (Phi) is 27.2. The minimum Gasteiger partial charge on any atom is -0.494 e. The van der Waals surface area contributed by atoms with Crippen molar-refractivity contribution in [3.63, 3.8) is 0 Å². The van der Waals surface area contributed by atoms with Gasteiger partial charge in [0.05, 0.1) is 35.3 Å². The van der Waals surface area contributed by atoms with E-state index in [0.717, 1.165) is 200 Å². The molecule has 0 aliphatic rings. The molecule has 0 aliphatic heterocycles. The number of fused-ring (bicyclic) bond motifs is 14. The number of unbranched alkanes of at least 4 members (excludes halogenated alkanes) is 14. The first-order chi connectivity index (χ1) is 69.1. The number of aromatic nitrogens is 2. The van der Waals surface area contributed by atoms with Crippen LogP contribution in [0.3, 0.4) is 0 Å². The maximum Gasteiger partial charge on any atom is 0.140 e. The molecule has 0 amide bonds. The van der Waals surface area contributed by atoms with Gasteiger partial charge < -0.3 is 28.1 Å². The molecule has 20 aromatic rings. The lowest BCUT2D eigenvalue weighted by Gasteiger charge is -2.20. The van der Waals surface area contributed by atoms with E-state index in [0.29, 0.717) is 24.7 Å². The molecule has 0 saturated carbocycles. The predicted molar refractivity (Wildman–Crippen MR) is 589 cm³/mol. The number of nitrogens with zero attached hydrogens (tertiary/aromatic N) is 2. The first-order valence-corrected chi connectivity index (χ1v) is 48.9. The molecule has 0 unspecified atom stereocenters. The van der Waals surface area contributed by atoms with E-state index in [1.807, 2.05) is 24.3 Å². The summed E-state index contributed by atoms with van der Waals surface area (Å²) in [7, 11) is 0. The Morgan fingerprint density at radius 1 is 0.221 bits per heavy atom. The lowest BCUT2D eigenvalue weighted by atomic mass is 9.85. The molecular weight excluding hydrogens is 1700 g/mol. The highest BCUT2D eigenvalue weighted by atomic mass is 16.5. The zero-order valence-electron chi connectivity index (χ0n) is 79.3. The highest BCUT2D eigenvalue weighted by molar-refractivity contribution is 6.25. The summed E-state index contributed by atoms with van der Waals surface area (Å²) in [4.78, 5) is 0. The second kappa shape index (κ2) is 42.1.